The van der Waals surface area contributed by atoms with E-state index in [0.29, 0.717) is 17.7 Å². The number of hydrogen-bond donors (Lipinski definition) is 1. The second-order valence-electron chi connectivity index (χ2n) is 7.63. The van der Waals surface area contributed by atoms with Gasteiger partial charge in [-0.3, -0.25) is 9.59 Å². The van der Waals surface area contributed by atoms with Gasteiger partial charge in [0.2, 0.25) is 0 Å². The number of carbonyl (C=O) groups is 2. The van der Waals surface area contributed by atoms with Crippen LogP contribution in [0, 0.1) is 19.7 Å². The largest absolute Gasteiger partial charge is 0.322 e. The molecule has 4 rings (SSSR count). The molecule has 4 nitrogen and oxygen atoms in total. The summed E-state index contributed by atoms with van der Waals surface area (Å²) < 4.78 is 13.2. The molecule has 0 spiro atoms. The van der Waals surface area contributed by atoms with Crippen LogP contribution in [-0.4, -0.2) is 18.4 Å². The standard InChI is InChI=1S/C25H23FN2O2/c1-16-5-3-6-17(2)23(16)27-24(29)20-10-13-22-19(15-20)7-4-14-28(22)25(30)18-8-11-21(26)12-9-18/h3,5-6,8-13,15H,4,7,14H2,1-2H3,(H,27,29). The zero-order valence-corrected chi connectivity index (χ0v) is 17.0. The number of fused-ring (bicyclic) bond motifs is 1. The first kappa shape index (κ1) is 19.8. The molecule has 0 aliphatic carbocycles. The number of anilines is 2. The fourth-order valence-electron chi connectivity index (χ4n) is 3.89. The molecule has 0 fully saturated rings. The van der Waals surface area contributed by atoms with Crippen molar-refractivity contribution < 1.29 is 14.0 Å². The second-order valence-corrected chi connectivity index (χ2v) is 7.63. The molecule has 1 aliphatic heterocycles. The van der Waals surface area contributed by atoms with Gasteiger partial charge in [-0.1, -0.05) is 18.2 Å². The van der Waals surface area contributed by atoms with Gasteiger partial charge in [0.15, 0.2) is 0 Å². The van der Waals surface area contributed by atoms with E-state index in [1.54, 1.807) is 11.0 Å². The normalized spacial score (nSPS) is 13.0. The SMILES string of the molecule is Cc1cccc(C)c1NC(=O)c1ccc2c(c1)CCCN2C(=O)c1ccc(F)cc1. The van der Waals surface area contributed by atoms with Gasteiger partial charge in [-0.25, -0.2) is 4.39 Å². The molecule has 3 aromatic carbocycles. The van der Waals surface area contributed by atoms with Crippen LogP contribution in [0.2, 0.25) is 0 Å². The molecule has 30 heavy (non-hydrogen) atoms. The molecule has 1 N–H and O–H groups in total. The highest BCUT2D eigenvalue weighted by atomic mass is 19.1. The van der Waals surface area contributed by atoms with Gasteiger partial charge in [0.1, 0.15) is 5.82 Å². The molecular formula is C25H23FN2O2. The number of nitrogens with one attached hydrogen (secondary N) is 1. The lowest BCUT2D eigenvalue weighted by molar-refractivity contribution is 0.0984. The maximum absolute atomic E-state index is 13.2. The third-order valence-corrected chi connectivity index (χ3v) is 5.52. The Morgan fingerprint density at radius 3 is 2.30 bits per heavy atom. The van der Waals surface area contributed by atoms with Crippen molar-refractivity contribution in [3.8, 4) is 0 Å². The van der Waals surface area contributed by atoms with Crippen molar-refractivity contribution in [3.05, 3.63) is 94.3 Å². The van der Waals surface area contributed by atoms with E-state index >= 15 is 0 Å². The van der Waals surface area contributed by atoms with Crippen molar-refractivity contribution in [3.63, 3.8) is 0 Å². The van der Waals surface area contributed by atoms with E-state index in [0.717, 1.165) is 40.9 Å². The van der Waals surface area contributed by atoms with Gasteiger partial charge in [0.05, 0.1) is 0 Å². The smallest absolute Gasteiger partial charge is 0.258 e. The molecule has 0 saturated carbocycles. The maximum Gasteiger partial charge on any atom is 0.258 e. The summed E-state index contributed by atoms with van der Waals surface area (Å²) in [5.41, 5.74) is 5.63. The van der Waals surface area contributed by atoms with Crippen molar-refractivity contribution in [1.29, 1.82) is 0 Å². The molecule has 2 amide bonds. The van der Waals surface area contributed by atoms with Gasteiger partial charge in [0, 0.05) is 29.0 Å². The van der Waals surface area contributed by atoms with E-state index in [9.17, 15) is 14.0 Å². The Morgan fingerprint density at radius 1 is 0.933 bits per heavy atom. The third kappa shape index (κ3) is 3.83. The van der Waals surface area contributed by atoms with E-state index in [1.807, 2.05) is 44.2 Å². The highest BCUT2D eigenvalue weighted by Crippen LogP contribution is 2.30. The van der Waals surface area contributed by atoms with Crippen LogP contribution in [0.3, 0.4) is 0 Å². The van der Waals surface area contributed by atoms with Crippen LogP contribution in [0.1, 0.15) is 43.8 Å². The summed E-state index contributed by atoms with van der Waals surface area (Å²) >= 11 is 0. The number of nitrogens with zero attached hydrogens (tertiary/aromatic N) is 1. The lowest BCUT2D eigenvalue weighted by Crippen LogP contribution is -2.35. The number of rotatable bonds is 3. The van der Waals surface area contributed by atoms with E-state index in [2.05, 4.69) is 5.32 Å². The van der Waals surface area contributed by atoms with E-state index in [1.165, 1.54) is 24.3 Å². The molecule has 0 unspecified atom stereocenters. The summed E-state index contributed by atoms with van der Waals surface area (Å²) in [6.45, 7) is 4.53. The molecule has 0 bridgehead atoms. The van der Waals surface area contributed by atoms with Crippen LogP contribution in [0.15, 0.2) is 60.7 Å². The highest BCUT2D eigenvalue weighted by molar-refractivity contribution is 6.08. The third-order valence-electron chi connectivity index (χ3n) is 5.52. The fourth-order valence-corrected chi connectivity index (χ4v) is 3.89. The number of para-hydroxylation sites is 1. The Labute approximate surface area is 175 Å². The molecule has 0 radical (unpaired) electrons. The van der Waals surface area contributed by atoms with Gasteiger partial charge in [-0.15, -0.1) is 0 Å². The minimum absolute atomic E-state index is 0.163. The van der Waals surface area contributed by atoms with Gasteiger partial charge < -0.3 is 10.2 Å². The number of hydrogen-bond acceptors (Lipinski definition) is 2. The molecular weight excluding hydrogens is 379 g/mol. The Morgan fingerprint density at radius 2 is 1.60 bits per heavy atom. The lowest BCUT2D eigenvalue weighted by Gasteiger charge is -2.30. The minimum Gasteiger partial charge on any atom is -0.322 e. The van der Waals surface area contributed by atoms with Gasteiger partial charge in [-0.2, -0.15) is 0 Å². The van der Waals surface area contributed by atoms with Gasteiger partial charge in [-0.05, 0) is 85.8 Å². The van der Waals surface area contributed by atoms with Crippen molar-refractivity contribution in [2.45, 2.75) is 26.7 Å². The molecule has 3 aromatic rings. The first-order chi connectivity index (χ1) is 14.4. The van der Waals surface area contributed by atoms with Crippen LogP contribution in [0.25, 0.3) is 0 Å². The summed E-state index contributed by atoms with van der Waals surface area (Å²) in [5, 5.41) is 3.01. The average Bonchev–Trinajstić information content (AvgIpc) is 2.75. The summed E-state index contributed by atoms with van der Waals surface area (Å²) in [5.74, 6) is -0.703. The fraction of sp³-hybridized carbons (Fsp3) is 0.200. The van der Waals surface area contributed by atoms with Gasteiger partial charge >= 0.3 is 0 Å². The summed E-state index contributed by atoms with van der Waals surface area (Å²) in [4.78, 5) is 27.5. The number of carbonyl (C=O) groups excluding carboxylic acids is 2. The summed E-state index contributed by atoms with van der Waals surface area (Å²) in [7, 11) is 0. The predicted octanol–water partition coefficient (Wildman–Crippen LogP) is 5.29. The molecule has 0 atom stereocenters. The topological polar surface area (TPSA) is 49.4 Å². The highest BCUT2D eigenvalue weighted by Gasteiger charge is 2.24. The summed E-state index contributed by atoms with van der Waals surface area (Å²) in [6.07, 6.45) is 1.61. The number of amides is 2. The van der Waals surface area contributed by atoms with Crippen LogP contribution >= 0.6 is 0 Å². The van der Waals surface area contributed by atoms with Crippen LogP contribution in [0.4, 0.5) is 15.8 Å². The molecule has 5 heteroatoms. The van der Waals surface area contributed by atoms with Crippen molar-refractivity contribution in [2.75, 3.05) is 16.8 Å². The molecule has 1 aliphatic rings. The van der Waals surface area contributed by atoms with E-state index in [4.69, 9.17) is 0 Å². The zero-order chi connectivity index (χ0) is 21.3. The van der Waals surface area contributed by atoms with Crippen LogP contribution in [-0.2, 0) is 6.42 Å². The lowest BCUT2D eigenvalue weighted by atomic mass is 9.98. The minimum atomic E-state index is -0.370. The van der Waals surface area contributed by atoms with E-state index < -0.39 is 0 Å². The van der Waals surface area contributed by atoms with Crippen molar-refractivity contribution in [2.24, 2.45) is 0 Å². The molecule has 152 valence electrons. The van der Waals surface area contributed by atoms with Gasteiger partial charge in [0.25, 0.3) is 11.8 Å². The Bertz CT molecular complexity index is 1100. The first-order valence-corrected chi connectivity index (χ1v) is 10.0. The maximum atomic E-state index is 13.2. The zero-order valence-electron chi connectivity index (χ0n) is 17.0. The summed E-state index contributed by atoms with van der Waals surface area (Å²) in [6, 6.07) is 16.9. The van der Waals surface area contributed by atoms with Crippen LogP contribution in [0.5, 0.6) is 0 Å². The number of aryl methyl sites for hydroxylation is 3. The first-order valence-electron chi connectivity index (χ1n) is 10.0. The predicted molar refractivity (Wildman–Crippen MR) is 117 cm³/mol. The molecule has 0 aromatic heterocycles. The monoisotopic (exact) mass is 402 g/mol. The van der Waals surface area contributed by atoms with Crippen molar-refractivity contribution in [1.82, 2.24) is 0 Å². The van der Waals surface area contributed by atoms with E-state index in [-0.39, 0.29) is 17.6 Å². The molecule has 1 heterocycles. The number of halogens is 1. The number of benzene rings is 3. The Balaban J connectivity index is 1.59. The average molecular weight is 402 g/mol. The Kier molecular flexibility index (Phi) is 5.36. The Hall–Kier alpha value is -3.47. The second kappa shape index (κ2) is 8.11. The molecule has 0 saturated heterocycles. The van der Waals surface area contributed by atoms with Crippen molar-refractivity contribution >= 4 is 23.2 Å². The van der Waals surface area contributed by atoms with Crippen LogP contribution < -0.4 is 10.2 Å². The quantitative estimate of drug-likeness (QED) is 0.647.